The van der Waals surface area contributed by atoms with Crippen LogP contribution in [0.1, 0.15) is 63.0 Å². The van der Waals surface area contributed by atoms with Crippen LogP contribution >= 0.6 is 0 Å². The summed E-state index contributed by atoms with van der Waals surface area (Å²) in [6.07, 6.45) is 13.0. The van der Waals surface area contributed by atoms with Crippen molar-refractivity contribution in [2.24, 2.45) is 17.8 Å². The molecule has 1 saturated carbocycles. The topological polar surface area (TPSA) is 60.8 Å². The predicted octanol–water partition coefficient (Wildman–Crippen LogP) is 4.83. The van der Waals surface area contributed by atoms with E-state index in [4.69, 9.17) is 0 Å². The van der Waals surface area contributed by atoms with Crippen LogP contribution in [0.15, 0.2) is 48.1 Å². The SMILES string of the molecule is Cc1cccc(CC[C@](C)(O)C=C[C@@H]2[C@H]3CC(CCCCC(=O)N(C)C)=C[C@H]3C[C@H]2O)c1. The van der Waals surface area contributed by atoms with Gasteiger partial charge in [0, 0.05) is 26.4 Å². The van der Waals surface area contributed by atoms with Crippen molar-refractivity contribution < 1.29 is 15.0 Å². The maximum Gasteiger partial charge on any atom is 0.222 e. The largest absolute Gasteiger partial charge is 0.392 e. The number of hydrogen-bond acceptors (Lipinski definition) is 3. The molecule has 0 spiro atoms. The maximum atomic E-state index is 11.7. The molecule has 0 unspecified atom stereocenters. The molecule has 0 aliphatic heterocycles. The number of carbonyl (C=O) groups is 1. The van der Waals surface area contributed by atoms with Crippen LogP contribution in [0.25, 0.3) is 0 Å². The van der Waals surface area contributed by atoms with Crippen LogP contribution < -0.4 is 0 Å². The molecule has 2 aliphatic carbocycles. The Morgan fingerprint density at radius 2 is 2.03 bits per heavy atom. The van der Waals surface area contributed by atoms with Gasteiger partial charge in [-0.25, -0.2) is 0 Å². The maximum absolute atomic E-state index is 11.7. The Kier molecular flexibility index (Phi) is 8.35. The van der Waals surface area contributed by atoms with Crippen LogP contribution in [-0.2, 0) is 11.2 Å². The minimum atomic E-state index is -0.880. The van der Waals surface area contributed by atoms with E-state index in [-0.39, 0.29) is 17.9 Å². The van der Waals surface area contributed by atoms with Crippen LogP contribution in [0.4, 0.5) is 0 Å². The molecule has 1 aromatic rings. The summed E-state index contributed by atoms with van der Waals surface area (Å²) in [5.74, 6) is 1.18. The smallest absolute Gasteiger partial charge is 0.222 e. The third kappa shape index (κ3) is 6.79. The van der Waals surface area contributed by atoms with Crippen LogP contribution in [0.3, 0.4) is 0 Å². The molecule has 1 fully saturated rings. The number of aliphatic hydroxyl groups is 2. The van der Waals surface area contributed by atoms with Crippen molar-refractivity contribution in [2.75, 3.05) is 14.1 Å². The van der Waals surface area contributed by atoms with Gasteiger partial charge < -0.3 is 15.1 Å². The molecule has 0 bridgehead atoms. The van der Waals surface area contributed by atoms with Crippen molar-refractivity contribution in [2.45, 2.75) is 76.9 Å². The summed E-state index contributed by atoms with van der Waals surface area (Å²) in [5.41, 5.74) is 3.09. The van der Waals surface area contributed by atoms with E-state index < -0.39 is 5.60 Å². The molecule has 4 nitrogen and oxygen atoms in total. The third-order valence-electron chi connectivity index (χ3n) is 7.27. The molecular formula is C28H41NO3. The standard InChI is InChI=1S/C28H41NO3/c1-20-8-7-10-21(16-20)12-14-28(2,32)15-13-24-25-18-22(17-23(25)19-26(24)30)9-5-6-11-27(31)29(3)4/h7-8,10,13,15-17,23-26,30,32H,5-6,9,11-12,14,18-19H2,1-4H3/t23-,24+,25-,26+,28-/m0/s1. The highest BCUT2D eigenvalue weighted by molar-refractivity contribution is 5.75. The zero-order chi connectivity index (χ0) is 23.3. The summed E-state index contributed by atoms with van der Waals surface area (Å²) in [6, 6.07) is 8.44. The lowest BCUT2D eigenvalue weighted by Gasteiger charge is -2.23. The lowest BCUT2D eigenvalue weighted by Crippen LogP contribution is -2.24. The third-order valence-corrected chi connectivity index (χ3v) is 7.27. The first-order valence-corrected chi connectivity index (χ1v) is 12.2. The number of fused-ring (bicyclic) bond motifs is 1. The van der Waals surface area contributed by atoms with Crippen molar-refractivity contribution in [3.63, 3.8) is 0 Å². The van der Waals surface area contributed by atoms with Crippen LogP contribution in [0.5, 0.6) is 0 Å². The number of carbonyl (C=O) groups excluding carboxylic acids is 1. The van der Waals surface area contributed by atoms with Crippen molar-refractivity contribution in [1.82, 2.24) is 4.90 Å². The normalized spacial score (nSPS) is 26.8. The number of amides is 1. The highest BCUT2D eigenvalue weighted by Gasteiger charge is 2.43. The van der Waals surface area contributed by atoms with Gasteiger partial charge in [0.15, 0.2) is 0 Å². The number of benzene rings is 1. The summed E-state index contributed by atoms with van der Waals surface area (Å²) < 4.78 is 0. The van der Waals surface area contributed by atoms with Crippen molar-refractivity contribution in [3.8, 4) is 0 Å². The summed E-state index contributed by atoms with van der Waals surface area (Å²) in [6.45, 7) is 3.96. The summed E-state index contributed by atoms with van der Waals surface area (Å²) >= 11 is 0. The van der Waals surface area contributed by atoms with Gasteiger partial charge in [0.05, 0.1) is 11.7 Å². The fourth-order valence-corrected chi connectivity index (χ4v) is 5.31. The Morgan fingerprint density at radius 1 is 1.25 bits per heavy atom. The monoisotopic (exact) mass is 439 g/mol. The molecule has 176 valence electrons. The zero-order valence-electron chi connectivity index (χ0n) is 20.3. The highest BCUT2D eigenvalue weighted by Crippen LogP contribution is 2.48. The first-order chi connectivity index (χ1) is 15.1. The van der Waals surface area contributed by atoms with Gasteiger partial charge in [-0.2, -0.15) is 0 Å². The van der Waals surface area contributed by atoms with Crippen molar-refractivity contribution >= 4 is 5.91 Å². The van der Waals surface area contributed by atoms with E-state index in [2.05, 4.69) is 43.3 Å². The Bertz CT molecular complexity index is 839. The summed E-state index contributed by atoms with van der Waals surface area (Å²) in [7, 11) is 3.61. The number of unbranched alkanes of at least 4 members (excludes halogenated alkanes) is 1. The van der Waals surface area contributed by atoms with Crippen LogP contribution in [0, 0.1) is 24.7 Å². The van der Waals surface area contributed by atoms with E-state index in [0.29, 0.717) is 24.7 Å². The Hall–Kier alpha value is -1.91. The number of hydrogen-bond donors (Lipinski definition) is 2. The quantitative estimate of drug-likeness (QED) is 0.406. The van der Waals surface area contributed by atoms with Gasteiger partial charge in [-0.1, -0.05) is 53.6 Å². The van der Waals surface area contributed by atoms with E-state index >= 15 is 0 Å². The molecule has 3 rings (SSSR count). The molecule has 5 atom stereocenters. The Balaban J connectivity index is 1.49. The lowest BCUT2D eigenvalue weighted by atomic mass is 9.87. The fourth-order valence-electron chi connectivity index (χ4n) is 5.31. The average Bonchev–Trinajstić information content (AvgIpc) is 3.24. The van der Waals surface area contributed by atoms with E-state index in [9.17, 15) is 15.0 Å². The van der Waals surface area contributed by atoms with Crippen molar-refractivity contribution in [3.05, 3.63) is 59.2 Å². The summed E-state index contributed by atoms with van der Waals surface area (Å²) in [5, 5.41) is 21.5. The molecule has 1 amide bonds. The van der Waals surface area contributed by atoms with Gasteiger partial charge in [-0.05, 0) is 76.2 Å². The second-order valence-electron chi connectivity index (χ2n) is 10.4. The molecule has 2 N–H and O–H groups in total. The first-order valence-electron chi connectivity index (χ1n) is 12.2. The molecule has 0 radical (unpaired) electrons. The van der Waals surface area contributed by atoms with E-state index in [1.54, 1.807) is 4.90 Å². The second kappa shape index (κ2) is 10.8. The molecule has 32 heavy (non-hydrogen) atoms. The molecule has 0 saturated heterocycles. The van der Waals surface area contributed by atoms with Crippen molar-refractivity contribution in [1.29, 1.82) is 0 Å². The zero-order valence-corrected chi connectivity index (χ0v) is 20.3. The molecule has 0 aromatic heterocycles. The minimum absolute atomic E-state index is 0.106. The molecule has 1 aromatic carbocycles. The van der Waals surface area contributed by atoms with Gasteiger partial charge in [-0.3, -0.25) is 4.79 Å². The minimum Gasteiger partial charge on any atom is -0.392 e. The van der Waals surface area contributed by atoms with E-state index in [1.165, 1.54) is 16.7 Å². The van der Waals surface area contributed by atoms with E-state index in [1.807, 2.05) is 27.1 Å². The average molecular weight is 440 g/mol. The number of rotatable bonds is 10. The van der Waals surface area contributed by atoms with Gasteiger partial charge in [0.1, 0.15) is 0 Å². The van der Waals surface area contributed by atoms with E-state index in [0.717, 1.165) is 38.5 Å². The molecular weight excluding hydrogens is 398 g/mol. The van der Waals surface area contributed by atoms with Crippen LogP contribution in [-0.4, -0.2) is 46.8 Å². The summed E-state index contributed by atoms with van der Waals surface area (Å²) in [4.78, 5) is 13.4. The van der Waals surface area contributed by atoms with Gasteiger partial charge in [-0.15, -0.1) is 0 Å². The van der Waals surface area contributed by atoms with Gasteiger partial charge in [0.2, 0.25) is 5.91 Å². The molecule has 2 aliphatic rings. The fraction of sp³-hybridized carbons (Fsp3) is 0.607. The first kappa shape index (κ1) is 24.7. The molecule has 0 heterocycles. The second-order valence-corrected chi connectivity index (χ2v) is 10.4. The number of nitrogens with zero attached hydrogens (tertiary/aromatic N) is 1. The molecule has 4 heteroatoms. The number of allylic oxidation sites excluding steroid dienone is 2. The number of aliphatic hydroxyl groups excluding tert-OH is 1. The lowest BCUT2D eigenvalue weighted by molar-refractivity contribution is -0.128. The Labute approximate surface area is 194 Å². The number of aryl methyl sites for hydroxylation is 2. The highest BCUT2D eigenvalue weighted by atomic mass is 16.3. The Morgan fingerprint density at radius 3 is 2.75 bits per heavy atom. The van der Waals surface area contributed by atoms with Gasteiger partial charge >= 0.3 is 0 Å². The van der Waals surface area contributed by atoms with Crippen LogP contribution in [0.2, 0.25) is 0 Å². The predicted molar refractivity (Wildman–Crippen MR) is 130 cm³/mol. The van der Waals surface area contributed by atoms with Gasteiger partial charge in [0.25, 0.3) is 0 Å².